The van der Waals surface area contributed by atoms with Crippen molar-refractivity contribution in [3.63, 3.8) is 0 Å². The molecule has 2 aliphatic heterocycles. The second kappa shape index (κ2) is 8.90. The van der Waals surface area contributed by atoms with Crippen molar-refractivity contribution >= 4 is 28.3 Å². The molecule has 0 aromatic heterocycles. The van der Waals surface area contributed by atoms with Crippen LogP contribution in [0, 0.1) is 5.41 Å². The normalized spacial score (nSPS) is 23.9. The zero-order valence-electron chi connectivity index (χ0n) is 15.9. The van der Waals surface area contributed by atoms with E-state index in [4.69, 9.17) is 5.73 Å². The Kier molecular flexibility index (Phi) is 7.30. The van der Waals surface area contributed by atoms with E-state index < -0.39 is 10.0 Å². The highest BCUT2D eigenvalue weighted by atomic mass is 35.5. The average Bonchev–Trinajstić information content (AvgIpc) is 3.06. The van der Waals surface area contributed by atoms with E-state index in [2.05, 4.69) is 6.92 Å². The molecular weight excluding hydrogens is 386 g/mol. The number of benzene rings is 1. The molecule has 3 rings (SSSR count). The molecule has 152 valence electrons. The van der Waals surface area contributed by atoms with Crippen LogP contribution in [-0.2, 0) is 21.2 Å². The largest absolute Gasteiger partial charge is 0.342 e. The molecule has 2 N–H and O–H groups in total. The summed E-state index contributed by atoms with van der Waals surface area (Å²) in [5, 5.41) is 0. The van der Waals surface area contributed by atoms with Gasteiger partial charge in [-0.05, 0) is 48.9 Å². The van der Waals surface area contributed by atoms with Gasteiger partial charge in [-0.1, -0.05) is 25.5 Å². The van der Waals surface area contributed by atoms with Gasteiger partial charge in [-0.25, -0.2) is 8.42 Å². The van der Waals surface area contributed by atoms with Crippen LogP contribution in [-0.4, -0.2) is 56.3 Å². The first-order chi connectivity index (χ1) is 12.3. The summed E-state index contributed by atoms with van der Waals surface area (Å²) in [4.78, 5) is 14.7. The predicted molar refractivity (Wildman–Crippen MR) is 108 cm³/mol. The molecule has 1 amide bonds. The molecular formula is C19H30ClN3O3S. The van der Waals surface area contributed by atoms with Crippen molar-refractivity contribution in [3.05, 3.63) is 29.8 Å². The fourth-order valence-electron chi connectivity index (χ4n) is 3.72. The summed E-state index contributed by atoms with van der Waals surface area (Å²) in [5.41, 5.74) is 6.66. The molecule has 6 nitrogen and oxygen atoms in total. The summed E-state index contributed by atoms with van der Waals surface area (Å²) in [5.74, 6) is 0.0776. The topological polar surface area (TPSA) is 83.7 Å². The third-order valence-electron chi connectivity index (χ3n) is 5.63. The van der Waals surface area contributed by atoms with E-state index in [0.29, 0.717) is 37.5 Å². The number of halogens is 1. The second-order valence-corrected chi connectivity index (χ2v) is 9.80. The minimum atomic E-state index is -3.42. The molecule has 2 heterocycles. The van der Waals surface area contributed by atoms with Crippen LogP contribution in [0.3, 0.4) is 0 Å². The van der Waals surface area contributed by atoms with Gasteiger partial charge in [-0.3, -0.25) is 4.79 Å². The summed E-state index contributed by atoms with van der Waals surface area (Å²) in [7, 11) is -3.42. The Balaban J connectivity index is 0.00000261. The van der Waals surface area contributed by atoms with Crippen LogP contribution in [0.2, 0.25) is 0 Å². The highest BCUT2D eigenvalue weighted by molar-refractivity contribution is 7.89. The molecule has 1 aromatic carbocycles. The Hall–Kier alpha value is -1.15. The Morgan fingerprint density at radius 2 is 1.74 bits per heavy atom. The number of carbonyl (C=O) groups is 1. The third-order valence-corrected chi connectivity index (χ3v) is 7.55. The number of hydrogen-bond donors (Lipinski definition) is 1. The molecule has 1 aromatic rings. The molecule has 1 unspecified atom stereocenters. The summed E-state index contributed by atoms with van der Waals surface area (Å²) >= 11 is 0. The molecule has 2 fully saturated rings. The van der Waals surface area contributed by atoms with E-state index in [-0.39, 0.29) is 23.7 Å². The number of likely N-dealkylation sites (tertiary alicyclic amines) is 1. The highest BCUT2D eigenvalue weighted by Crippen LogP contribution is 2.29. The molecule has 2 saturated heterocycles. The van der Waals surface area contributed by atoms with Crippen LogP contribution < -0.4 is 5.73 Å². The molecule has 0 radical (unpaired) electrons. The van der Waals surface area contributed by atoms with Crippen LogP contribution in [0.5, 0.6) is 0 Å². The first-order valence-corrected chi connectivity index (χ1v) is 10.9. The second-order valence-electron chi connectivity index (χ2n) is 7.87. The molecule has 0 spiro atoms. The van der Waals surface area contributed by atoms with E-state index in [1.54, 1.807) is 28.6 Å². The van der Waals surface area contributed by atoms with Gasteiger partial charge in [0.05, 0.1) is 11.3 Å². The van der Waals surface area contributed by atoms with Crippen LogP contribution in [0.25, 0.3) is 0 Å². The van der Waals surface area contributed by atoms with Crippen LogP contribution in [0.4, 0.5) is 0 Å². The first-order valence-electron chi connectivity index (χ1n) is 9.41. The van der Waals surface area contributed by atoms with Gasteiger partial charge in [0.25, 0.3) is 0 Å². The van der Waals surface area contributed by atoms with E-state index in [9.17, 15) is 13.2 Å². The Morgan fingerprint density at radius 3 is 2.30 bits per heavy atom. The number of nitrogens with two attached hydrogens (primary N) is 1. The van der Waals surface area contributed by atoms with Crippen LogP contribution in [0.15, 0.2) is 29.2 Å². The minimum absolute atomic E-state index is 0. The smallest absolute Gasteiger partial charge is 0.243 e. The number of rotatable bonds is 5. The van der Waals surface area contributed by atoms with Crippen molar-refractivity contribution in [2.24, 2.45) is 11.1 Å². The fourth-order valence-corrected chi connectivity index (χ4v) is 5.24. The molecule has 27 heavy (non-hydrogen) atoms. The van der Waals surface area contributed by atoms with Gasteiger partial charge in [-0.2, -0.15) is 4.31 Å². The number of hydrogen-bond acceptors (Lipinski definition) is 4. The lowest BCUT2D eigenvalue weighted by Crippen LogP contribution is -2.35. The average molecular weight is 416 g/mol. The third kappa shape index (κ3) is 5.02. The number of nitrogens with zero attached hydrogens (tertiary/aromatic N) is 2. The summed E-state index contributed by atoms with van der Waals surface area (Å²) < 4.78 is 26.9. The zero-order valence-corrected chi connectivity index (χ0v) is 17.5. The molecule has 8 heteroatoms. The highest BCUT2D eigenvalue weighted by Gasteiger charge is 2.34. The Bertz CT molecular complexity index is 748. The van der Waals surface area contributed by atoms with Gasteiger partial charge in [0.2, 0.25) is 15.9 Å². The standard InChI is InChI=1S/C19H29N3O3S.ClH/c1-19(14-20)9-12-21(15-19)18(23)13-16-5-7-17(8-6-16)26(24,25)22-10-3-2-4-11-22;/h5-8H,2-4,9-15,20H2,1H3;1H. The van der Waals surface area contributed by atoms with Crippen molar-refractivity contribution in [2.75, 3.05) is 32.7 Å². The lowest BCUT2D eigenvalue weighted by Gasteiger charge is -2.26. The number of carbonyl (C=O) groups excluding carboxylic acids is 1. The van der Waals surface area contributed by atoms with Crippen LogP contribution in [0.1, 0.15) is 38.2 Å². The van der Waals surface area contributed by atoms with E-state index in [1.165, 1.54) is 0 Å². The number of piperidine rings is 1. The maximum absolute atomic E-state index is 12.7. The monoisotopic (exact) mass is 415 g/mol. The Morgan fingerprint density at radius 1 is 1.11 bits per heavy atom. The van der Waals surface area contributed by atoms with Gasteiger partial charge in [-0.15, -0.1) is 12.4 Å². The van der Waals surface area contributed by atoms with Gasteiger partial charge in [0.1, 0.15) is 0 Å². The van der Waals surface area contributed by atoms with E-state index in [0.717, 1.165) is 37.8 Å². The fraction of sp³-hybridized carbons (Fsp3) is 0.632. The zero-order chi connectivity index (χ0) is 18.8. The maximum atomic E-state index is 12.7. The van der Waals surface area contributed by atoms with Gasteiger partial charge >= 0.3 is 0 Å². The number of sulfonamides is 1. The van der Waals surface area contributed by atoms with Crippen molar-refractivity contribution in [3.8, 4) is 0 Å². The van der Waals surface area contributed by atoms with Crippen LogP contribution >= 0.6 is 12.4 Å². The molecule has 0 aliphatic carbocycles. The van der Waals surface area contributed by atoms with Crippen molar-refractivity contribution in [2.45, 2.75) is 43.9 Å². The van der Waals surface area contributed by atoms with E-state index >= 15 is 0 Å². The van der Waals surface area contributed by atoms with Gasteiger partial charge < -0.3 is 10.6 Å². The summed E-state index contributed by atoms with van der Waals surface area (Å²) in [6.07, 6.45) is 4.16. The van der Waals surface area contributed by atoms with Gasteiger partial charge in [0.15, 0.2) is 0 Å². The van der Waals surface area contributed by atoms with Crippen molar-refractivity contribution < 1.29 is 13.2 Å². The van der Waals surface area contributed by atoms with E-state index in [1.807, 2.05) is 4.90 Å². The maximum Gasteiger partial charge on any atom is 0.243 e. The lowest BCUT2D eigenvalue weighted by atomic mass is 9.90. The number of amides is 1. The minimum Gasteiger partial charge on any atom is -0.342 e. The molecule has 2 aliphatic rings. The predicted octanol–water partition coefficient (Wildman–Crippen LogP) is 2.02. The quantitative estimate of drug-likeness (QED) is 0.797. The molecule has 0 bridgehead atoms. The summed E-state index contributed by atoms with van der Waals surface area (Å²) in [6, 6.07) is 6.76. The van der Waals surface area contributed by atoms with Crippen molar-refractivity contribution in [1.29, 1.82) is 0 Å². The lowest BCUT2D eigenvalue weighted by molar-refractivity contribution is -0.129. The molecule has 0 saturated carbocycles. The summed E-state index contributed by atoms with van der Waals surface area (Å²) in [6.45, 7) is 5.33. The molecule has 1 atom stereocenters. The SMILES string of the molecule is CC1(CN)CCN(C(=O)Cc2ccc(S(=O)(=O)N3CCCCC3)cc2)C1.Cl. The van der Waals surface area contributed by atoms with Crippen molar-refractivity contribution in [1.82, 2.24) is 9.21 Å². The first kappa shape index (κ1) is 22.1. The van der Waals surface area contributed by atoms with Gasteiger partial charge in [0, 0.05) is 26.2 Å². The Labute approximate surface area is 168 Å².